The Balaban J connectivity index is 1.97. The second-order valence-electron chi connectivity index (χ2n) is 5.67. The van der Waals surface area contributed by atoms with Crippen LogP contribution in [-0.4, -0.2) is 25.7 Å². The van der Waals surface area contributed by atoms with Gasteiger partial charge >= 0.3 is 0 Å². The fraction of sp³-hybridized carbons (Fsp3) is 0.294. The van der Waals surface area contributed by atoms with E-state index in [1.807, 2.05) is 26.2 Å². The van der Waals surface area contributed by atoms with Crippen LogP contribution in [0, 0.1) is 0 Å². The van der Waals surface area contributed by atoms with Crippen LogP contribution in [0.5, 0.6) is 5.75 Å². The Morgan fingerprint density at radius 2 is 1.90 bits per heavy atom. The Morgan fingerprint density at radius 1 is 1.19 bits per heavy atom. The summed E-state index contributed by atoms with van der Waals surface area (Å²) in [6.07, 6.45) is 0. The van der Waals surface area contributed by atoms with Gasteiger partial charge in [-0.25, -0.2) is 0 Å². The number of phenolic OH excluding ortho intramolecular Hbond substituents is 1. The molecule has 0 aromatic heterocycles. The van der Waals surface area contributed by atoms with Crippen molar-refractivity contribution in [3.63, 3.8) is 0 Å². The first-order valence-electron chi connectivity index (χ1n) is 7.16. The summed E-state index contributed by atoms with van der Waals surface area (Å²) in [4.78, 5) is 4.40. The van der Waals surface area contributed by atoms with E-state index >= 15 is 0 Å². The summed E-state index contributed by atoms with van der Waals surface area (Å²) in [7, 11) is 4.09. The summed E-state index contributed by atoms with van der Waals surface area (Å²) in [6.45, 7) is 1.43. The topological polar surface area (TPSA) is 52.7 Å². The number of hydrogen-bond acceptors (Lipinski definition) is 4. The van der Waals surface area contributed by atoms with Gasteiger partial charge < -0.3 is 20.6 Å². The average molecular weight is 283 g/mol. The largest absolute Gasteiger partial charge is 0.508 e. The zero-order valence-corrected chi connectivity index (χ0v) is 12.5. The zero-order valence-electron chi connectivity index (χ0n) is 12.5. The Kier molecular flexibility index (Phi) is 3.47. The summed E-state index contributed by atoms with van der Waals surface area (Å²) in [5.41, 5.74) is 10.9. The van der Waals surface area contributed by atoms with E-state index in [4.69, 9.17) is 5.73 Å². The third kappa shape index (κ3) is 2.43. The molecule has 0 amide bonds. The maximum absolute atomic E-state index is 9.44. The van der Waals surface area contributed by atoms with Gasteiger partial charge in [0.1, 0.15) is 5.75 Å². The SMILES string of the molecule is CN(C)c1ccc2c(c1)C(CN)N(c1ccc(O)cc1)C2. The zero-order chi connectivity index (χ0) is 15.0. The Bertz CT molecular complexity index is 637. The lowest BCUT2D eigenvalue weighted by molar-refractivity contribution is 0.475. The third-order valence-electron chi connectivity index (χ3n) is 4.13. The van der Waals surface area contributed by atoms with Crippen LogP contribution >= 0.6 is 0 Å². The van der Waals surface area contributed by atoms with Crippen molar-refractivity contribution in [3.8, 4) is 5.75 Å². The number of phenols is 1. The number of nitrogens with two attached hydrogens (primary N) is 1. The second kappa shape index (κ2) is 5.30. The van der Waals surface area contributed by atoms with Crippen molar-refractivity contribution in [2.75, 3.05) is 30.4 Å². The molecule has 0 saturated carbocycles. The quantitative estimate of drug-likeness (QED) is 0.908. The first-order valence-corrected chi connectivity index (χ1v) is 7.16. The number of hydrogen-bond donors (Lipinski definition) is 2. The van der Waals surface area contributed by atoms with Gasteiger partial charge in [-0.3, -0.25) is 0 Å². The maximum Gasteiger partial charge on any atom is 0.115 e. The molecule has 4 nitrogen and oxygen atoms in total. The molecular weight excluding hydrogens is 262 g/mol. The highest BCUT2D eigenvalue weighted by Gasteiger charge is 2.29. The van der Waals surface area contributed by atoms with Crippen LogP contribution in [0.2, 0.25) is 0 Å². The minimum Gasteiger partial charge on any atom is -0.508 e. The average Bonchev–Trinajstić information content (AvgIpc) is 2.85. The number of aromatic hydroxyl groups is 1. The second-order valence-corrected chi connectivity index (χ2v) is 5.67. The van der Waals surface area contributed by atoms with Gasteiger partial charge in [-0.2, -0.15) is 0 Å². The molecule has 0 saturated heterocycles. The van der Waals surface area contributed by atoms with E-state index in [-0.39, 0.29) is 11.8 Å². The smallest absolute Gasteiger partial charge is 0.115 e. The normalized spacial score (nSPS) is 16.9. The molecule has 0 fully saturated rings. The summed E-state index contributed by atoms with van der Waals surface area (Å²) in [5, 5.41) is 9.44. The lowest BCUT2D eigenvalue weighted by Gasteiger charge is -2.26. The molecule has 1 aliphatic heterocycles. The van der Waals surface area contributed by atoms with Crippen molar-refractivity contribution >= 4 is 11.4 Å². The molecule has 3 N–H and O–H groups in total. The van der Waals surface area contributed by atoms with Crippen molar-refractivity contribution in [1.29, 1.82) is 0 Å². The Hall–Kier alpha value is -2.20. The molecule has 3 rings (SSSR count). The molecule has 110 valence electrons. The molecule has 0 aliphatic carbocycles. The molecule has 4 heteroatoms. The van der Waals surface area contributed by atoms with Crippen LogP contribution in [0.25, 0.3) is 0 Å². The van der Waals surface area contributed by atoms with Crippen LogP contribution in [0.3, 0.4) is 0 Å². The van der Waals surface area contributed by atoms with Gasteiger partial charge in [0, 0.05) is 38.6 Å². The number of fused-ring (bicyclic) bond motifs is 1. The Morgan fingerprint density at radius 3 is 2.52 bits per heavy atom. The predicted molar refractivity (Wildman–Crippen MR) is 86.9 cm³/mol. The number of rotatable bonds is 3. The minimum absolute atomic E-state index is 0.185. The highest BCUT2D eigenvalue weighted by molar-refractivity contribution is 5.60. The molecule has 1 unspecified atom stereocenters. The summed E-state index contributed by atoms with van der Waals surface area (Å²) in [5.74, 6) is 0.287. The molecule has 21 heavy (non-hydrogen) atoms. The molecule has 0 bridgehead atoms. The maximum atomic E-state index is 9.44. The van der Waals surface area contributed by atoms with Gasteiger partial charge in [0.05, 0.1) is 6.04 Å². The molecule has 0 radical (unpaired) electrons. The summed E-state index contributed by atoms with van der Waals surface area (Å²) in [6, 6.07) is 14.1. The van der Waals surface area contributed by atoms with Crippen molar-refractivity contribution in [3.05, 3.63) is 53.6 Å². The molecule has 1 aliphatic rings. The third-order valence-corrected chi connectivity index (χ3v) is 4.13. The van der Waals surface area contributed by atoms with E-state index in [1.165, 1.54) is 16.8 Å². The number of benzene rings is 2. The highest BCUT2D eigenvalue weighted by Crippen LogP contribution is 2.38. The van der Waals surface area contributed by atoms with E-state index in [9.17, 15) is 5.11 Å². The van der Waals surface area contributed by atoms with Crippen LogP contribution in [0.4, 0.5) is 11.4 Å². The lowest BCUT2D eigenvalue weighted by atomic mass is 10.0. The molecule has 1 atom stereocenters. The van der Waals surface area contributed by atoms with Gasteiger partial charge in [-0.15, -0.1) is 0 Å². The van der Waals surface area contributed by atoms with E-state index in [1.54, 1.807) is 12.1 Å². The van der Waals surface area contributed by atoms with Crippen molar-refractivity contribution < 1.29 is 5.11 Å². The van der Waals surface area contributed by atoms with Gasteiger partial charge in [0.25, 0.3) is 0 Å². The molecule has 2 aromatic rings. The van der Waals surface area contributed by atoms with E-state index in [0.717, 1.165) is 12.2 Å². The van der Waals surface area contributed by atoms with Gasteiger partial charge in [0.15, 0.2) is 0 Å². The fourth-order valence-corrected chi connectivity index (χ4v) is 2.95. The number of nitrogens with zero attached hydrogens (tertiary/aromatic N) is 2. The van der Waals surface area contributed by atoms with Crippen LogP contribution in [0.1, 0.15) is 17.2 Å². The Labute approximate surface area is 125 Å². The van der Waals surface area contributed by atoms with Crippen LogP contribution < -0.4 is 15.5 Å². The standard InChI is InChI=1S/C17H21N3O/c1-19(2)14-4-3-12-11-20(17(10-18)16(12)9-14)13-5-7-15(21)8-6-13/h3-9,17,21H,10-11,18H2,1-2H3. The summed E-state index contributed by atoms with van der Waals surface area (Å²) < 4.78 is 0. The van der Waals surface area contributed by atoms with Crippen LogP contribution in [0.15, 0.2) is 42.5 Å². The molecular formula is C17H21N3O. The molecule has 1 heterocycles. The summed E-state index contributed by atoms with van der Waals surface area (Å²) >= 11 is 0. The van der Waals surface area contributed by atoms with E-state index < -0.39 is 0 Å². The van der Waals surface area contributed by atoms with Gasteiger partial charge in [-0.05, 0) is 47.5 Å². The van der Waals surface area contributed by atoms with Crippen molar-refractivity contribution in [1.82, 2.24) is 0 Å². The monoisotopic (exact) mass is 283 g/mol. The highest BCUT2D eigenvalue weighted by atomic mass is 16.3. The first kappa shape index (κ1) is 13.8. The van der Waals surface area contributed by atoms with E-state index in [0.29, 0.717) is 6.54 Å². The van der Waals surface area contributed by atoms with Gasteiger partial charge in [0.2, 0.25) is 0 Å². The molecule has 2 aromatic carbocycles. The van der Waals surface area contributed by atoms with E-state index in [2.05, 4.69) is 28.0 Å². The first-order chi connectivity index (χ1) is 10.1. The number of anilines is 2. The van der Waals surface area contributed by atoms with Crippen LogP contribution in [-0.2, 0) is 6.54 Å². The lowest BCUT2D eigenvalue weighted by Crippen LogP contribution is -2.27. The predicted octanol–water partition coefficient (Wildman–Crippen LogP) is 2.48. The minimum atomic E-state index is 0.185. The van der Waals surface area contributed by atoms with Crippen molar-refractivity contribution in [2.45, 2.75) is 12.6 Å². The van der Waals surface area contributed by atoms with Crippen molar-refractivity contribution in [2.24, 2.45) is 5.73 Å². The molecule has 0 spiro atoms. The fourth-order valence-electron chi connectivity index (χ4n) is 2.95. The van der Waals surface area contributed by atoms with Gasteiger partial charge in [-0.1, -0.05) is 6.07 Å².